The predicted octanol–water partition coefficient (Wildman–Crippen LogP) is 1.68. The molecule has 20 heavy (non-hydrogen) atoms. The van der Waals surface area contributed by atoms with Crippen LogP contribution in [0.15, 0.2) is 10.8 Å². The van der Waals surface area contributed by atoms with Gasteiger partial charge in [0.25, 0.3) is 0 Å². The molecular formula is C14H23N3O3. The summed E-state index contributed by atoms with van der Waals surface area (Å²) in [6.45, 7) is 2.47. The molecular weight excluding hydrogens is 258 g/mol. The Morgan fingerprint density at radius 1 is 1.50 bits per heavy atom. The molecule has 1 aliphatic rings. The third-order valence-electron chi connectivity index (χ3n) is 4.19. The summed E-state index contributed by atoms with van der Waals surface area (Å²) in [6, 6.07) is 0.177. The molecule has 0 unspecified atom stereocenters. The Hall–Kier alpha value is -1.56. The van der Waals surface area contributed by atoms with Gasteiger partial charge < -0.3 is 19.7 Å². The Kier molecular flexibility index (Phi) is 5.00. The summed E-state index contributed by atoms with van der Waals surface area (Å²) in [5, 5.41) is 12.0. The van der Waals surface area contributed by atoms with Crippen LogP contribution in [0.2, 0.25) is 0 Å². The molecule has 1 aromatic rings. The van der Waals surface area contributed by atoms with Crippen LogP contribution in [0.5, 0.6) is 0 Å². The van der Waals surface area contributed by atoms with E-state index in [1.54, 1.807) is 4.90 Å². The minimum Gasteiger partial charge on any atom is -0.448 e. The Morgan fingerprint density at radius 2 is 2.20 bits per heavy atom. The number of aliphatic hydroxyl groups excluding tert-OH is 1. The molecule has 1 heterocycles. The van der Waals surface area contributed by atoms with Crippen molar-refractivity contribution < 1.29 is 14.3 Å². The van der Waals surface area contributed by atoms with Crippen molar-refractivity contribution in [2.45, 2.75) is 45.2 Å². The number of carbonyl (C=O) groups excluding carboxylic acids is 1. The molecule has 2 amide bonds. The van der Waals surface area contributed by atoms with E-state index in [0.717, 1.165) is 37.1 Å². The van der Waals surface area contributed by atoms with E-state index in [2.05, 4.69) is 10.3 Å². The summed E-state index contributed by atoms with van der Waals surface area (Å²) >= 11 is 0. The van der Waals surface area contributed by atoms with Crippen LogP contribution in [-0.2, 0) is 6.54 Å². The number of hydrogen-bond donors (Lipinski definition) is 2. The molecule has 0 saturated heterocycles. The van der Waals surface area contributed by atoms with Gasteiger partial charge in [0, 0.05) is 19.7 Å². The molecule has 6 nitrogen and oxygen atoms in total. The molecule has 0 bridgehead atoms. The van der Waals surface area contributed by atoms with Crippen LogP contribution in [-0.4, -0.2) is 40.7 Å². The first-order valence-corrected chi connectivity index (χ1v) is 7.12. The fourth-order valence-electron chi connectivity index (χ4n) is 2.66. The molecule has 0 radical (unpaired) electrons. The van der Waals surface area contributed by atoms with Crippen LogP contribution < -0.4 is 5.32 Å². The number of aliphatic hydroxyl groups is 1. The number of rotatable bonds is 4. The fourth-order valence-corrected chi connectivity index (χ4v) is 2.66. The topological polar surface area (TPSA) is 78.6 Å². The van der Waals surface area contributed by atoms with E-state index in [-0.39, 0.29) is 18.7 Å². The van der Waals surface area contributed by atoms with E-state index in [4.69, 9.17) is 9.52 Å². The SMILES string of the molecule is Cc1ocnc1CNC(=O)N(C)C1CCC(CO)CC1. The third kappa shape index (κ3) is 3.50. The highest BCUT2D eigenvalue weighted by molar-refractivity contribution is 5.74. The van der Waals surface area contributed by atoms with Gasteiger partial charge in [-0.1, -0.05) is 0 Å². The molecule has 0 atom stereocenters. The minimum absolute atomic E-state index is 0.0835. The van der Waals surface area contributed by atoms with Crippen molar-refractivity contribution in [2.24, 2.45) is 5.92 Å². The lowest BCUT2D eigenvalue weighted by Crippen LogP contribution is -2.45. The largest absolute Gasteiger partial charge is 0.448 e. The first-order valence-electron chi connectivity index (χ1n) is 7.12. The zero-order chi connectivity index (χ0) is 14.5. The van der Waals surface area contributed by atoms with Crippen molar-refractivity contribution in [2.75, 3.05) is 13.7 Å². The summed E-state index contributed by atoms with van der Waals surface area (Å²) in [5.74, 6) is 1.14. The first-order chi connectivity index (χ1) is 9.61. The van der Waals surface area contributed by atoms with Gasteiger partial charge in [0.2, 0.25) is 0 Å². The van der Waals surface area contributed by atoms with Crippen molar-refractivity contribution in [1.82, 2.24) is 15.2 Å². The number of aromatic nitrogens is 1. The molecule has 1 saturated carbocycles. The van der Waals surface area contributed by atoms with Crippen molar-refractivity contribution in [3.05, 3.63) is 17.8 Å². The van der Waals surface area contributed by atoms with Gasteiger partial charge in [-0.15, -0.1) is 0 Å². The number of urea groups is 1. The highest BCUT2D eigenvalue weighted by Crippen LogP contribution is 2.26. The van der Waals surface area contributed by atoms with Gasteiger partial charge in [-0.05, 0) is 38.5 Å². The monoisotopic (exact) mass is 281 g/mol. The van der Waals surface area contributed by atoms with Crippen LogP contribution in [0.25, 0.3) is 0 Å². The fraction of sp³-hybridized carbons (Fsp3) is 0.714. The summed E-state index contributed by atoms with van der Waals surface area (Å²) in [5.41, 5.74) is 0.760. The summed E-state index contributed by atoms with van der Waals surface area (Å²) in [6.07, 6.45) is 5.27. The molecule has 0 aromatic carbocycles. The van der Waals surface area contributed by atoms with Crippen LogP contribution in [0.4, 0.5) is 4.79 Å². The highest BCUT2D eigenvalue weighted by Gasteiger charge is 2.26. The number of hydrogen-bond acceptors (Lipinski definition) is 4. The van der Waals surface area contributed by atoms with Crippen molar-refractivity contribution in [1.29, 1.82) is 0 Å². The van der Waals surface area contributed by atoms with Gasteiger partial charge in [0.1, 0.15) is 11.5 Å². The molecule has 2 rings (SSSR count). The molecule has 1 aromatic heterocycles. The molecule has 2 N–H and O–H groups in total. The maximum Gasteiger partial charge on any atom is 0.317 e. The lowest BCUT2D eigenvalue weighted by Gasteiger charge is -2.34. The Balaban J connectivity index is 1.79. The second-order valence-electron chi connectivity index (χ2n) is 5.48. The number of nitrogens with zero attached hydrogens (tertiary/aromatic N) is 2. The number of oxazole rings is 1. The normalized spacial score (nSPS) is 22.6. The van der Waals surface area contributed by atoms with Crippen molar-refractivity contribution >= 4 is 6.03 Å². The summed E-state index contributed by atoms with van der Waals surface area (Å²) in [4.78, 5) is 17.9. The number of carbonyl (C=O) groups is 1. The maximum atomic E-state index is 12.1. The molecule has 0 spiro atoms. The minimum atomic E-state index is -0.0835. The van der Waals surface area contributed by atoms with Crippen LogP contribution in [0.1, 0.15) is 37.1 Å². The second kappa shape index (κ2) is 6.74. The summed E-state index contributed by atoms with van der Waals surface area (Å²) in [7, 11) is 1.83. The van der Waals surface area contributed by atoms with Gasteiger partial charge in [0.15, 0.2) is 6.39 Å². The van der Waals surface area contributed by atoms with E-state index in [1.165, 1.54) is 6.39 Å². The smallest absolute Gasteiger partial charge is 0.317 e. The molecule has 112 valence electrons. The van der Waals surface area contributed by atoms with Crippen LogP contribution in [0, 0.1) is 12.8 Å². The zero-order valence-corrected chi connectivity index (χ0v) is 12.1. The van der Waals surface area contributed by atoms with Gasteiger partial charge in [-0.2, -0.15) is 0 Å². The first kappa shape index (κ1) is 14.8. The van der Waals surface area contributed by atoms with E-state index >= 15 is 0 Å². The molecule has 0 aliphatic heterocycles. The van der Waals surface area contributed by atoms with E-state index in [9.17, 15) is 4.79 Å². The van der Waals surface area contributed by atoms with E-state index in [0.29, 0.717) is 12.5 Å². The quantitative estimate of drug-likeness (QED) is 0.880. The average molecular weight is 281 g/mol. The Morgan fingerprint density at radius 3 is 2.75 bits per heavy atom. The van der Waals surface area contributed by atoms with E-state index < -0.39 is 0 Å². The van der Waals surface area contributed by atoms with Gasteiger partial charge in [-0.25, -0.2) is 9.78 Å². The average Bonchev–Trinajstić information content (AvgIpc) is 2.89. The van der Waals surface area contributed by atoms with Crippen molar-refractivity contribution in [3.63, 3.8) is 0 Å². The number of nitrogens with one attached hydrogen (secondary N) is 1. The molecule has 1 aliphatic carbocycles. The number of aryl methyl sites for hydroxylation is 1. The van der Waals surface area contributed by atoms with Gasteiger partial charge >= 0.3 is 6.03 Å². The maximum absolute atomic E-state index is 12.1. The van der Waals surface area contributed by atoms with E-state index in [1.807, 2.05) is 14.0 Å². The number of amides is 2. The van der Waals surface area contributed by atoms with Crippen LogP contribution >= 0.6 is 0 Å². The van der Waals surface area contributed by atoms with Gasteiger partial charge in [-0.3, -0.25) is 0 Å². The molecule has 1 fully saturated rings. The standard InChI is InChI=1S/C14H23N3O3/c1-10-13(16-9-20-10)7-15-14(19)17(2)12-5-3-11(8-18)4-6-12/h9,11-12,18H,3-8H2,1-2H3,(H,15,19). The Bertz CT molecular complexity index is 439. The van der Waals surface area contributed by atoms with Gasteiger partial charge in [0.05, 0.1) is 6.54 Å². The lowest BCUT2D eigenvalue weighted by atomic mass is 9.86. The second-order valence-corrected chi connectivity index (χ2v) is 5.48. The lowest BCUT2D eigenvalue weighted by molar-refractivity contribution is 0.134. The predicted molar refractivity (Wildman–Crippen MR) is 74.1 cm³/mol. The highest BCUT2D eigenvalue weighted by atomic mass is 16.3. The Labute approximate surface area is 119 Å². The summed E-state index contributed by atoms with van der Waals surface area (Å²) < 4.78 is 5.10. The van der Waals surface area contributed by atoms with Crippen molar-refractivity contribution in [3.8, 4) is 0 Å². The third-order valence-corrected chi connectivity index (χ3v) is 4.19. The molecule has 6 heteroatoms. The van der Waals surface area contributed by atoms with Crippen LogP contribution in [0.3, 0.4) is 0 Å². The zero-order valence-electron chi connectivity index (χ0n) is 12.1.